The molecule has 1 atom stereocenters. The highest BCUT2D eigenvalue weighted by Gasteiger charge is 2.19. The Bertz CT molecular complexity index is 761. The van der Waals surface area contributed by atoms with Gasteiger partial charge in [-0.05, 0) is 49.6 Å². The molecule has 0 unspecified atom stereocenters. The lowest BCUT2D eigenvalue weighted by molar-refractivity contribution is -0.117. The maximum Gasteiger partial charge on any atom is 0.257 e. The van der Waals surface area contributed by atoms with Crippen LogP contribution in [0.15, 0.2) is 54.6 Å². The second kappa shape index (κ2) is 8.63. The molecule has 5 heteroatoms. The minimum atomic E-state index is -0.237. The molecule has 1 saturated heterocycles. The van der Waals surface area contributed by atoms with Gasteiger partial charge in [0.25, 0.3) is 5.91 Å². The lowest BCUT2D eigenvalue weighted by Gasteiger charge is -2.30. The van der Waals surface area contributed by atoms with Crippen LogP contribution in [0, 0.1) is 5.92 Å². The molecule has 0 radical (unpaired) electrons. The molecule has 1 aliphatic heterocycles. The Morgan fingerprint density at radius 2 is 1.77 bits per heavy atom. The first-order valence-corrected chi connectivity index (χ1v) is 9.09. The number of anilines is 2. The number of nitrogens with one attached hydrogen (secondary N) is 2. The van der Waals surface area contributed by atoms with Crippen molar-refractivity contribution in [3.05, 3.63) is 60.2 Å². The van der Waals surface area contributed by atoms with Gasteiger partial charge in [0.15, 0.2) is 0 Å². The summed E-state index contributed by atoms with van der Waals surface area (Å²) in [4.78, 5) is 27.2. The molecule has 2 amide bonds. The van der Waals surface area contributed by atoms with Crippen LogP contribution in [0.1, 0.15) is 30.1 Å². The zero-order chi connectivity index (χ0) is 18.4. The number of benzene rings is 2. The van der Waals surface area contributed by atoms with E-state index >= 15 is 0 Å². The second-order valence-corrected chi connectivity index (χ2v) is 6.90. The molecule has 1 heterocycles. The fraction of sp³-hybridized carbons (Fsp3) is 0.333. The van der Waals surface area contributed by atoms with Gasteiger partial charge in [-0.25, -0.2) is 0 Å². The second-order valence-electron chi connectivity index (χ2n) is 6.90. The third-order valence-corrected chi connectivity index (χ3v) is 4.59. The van der Waals surface area contributed by atoms with Crippen LogP contribution in [0.3, 0.4) is 0 Å². The monoisotopic (exact) mass is 351 g/mol. The van der Waals surface area contributed by atoms with E-state index in [-0.39, 0.29) is 11.8 Å². The number of rotatable bonds is 5. The van der Waals surface area contributed by atoms with E-state index < -0.39 is 0 Å². The number of hydrogen-bond acceptors (Lipinski definition) is 3. The fourth-order valence-electron chi connectivity index (χ4n) is 3.33. The normalized spacial score (nSPS) is 17.5. The van der Waals surface area contributed by atoms with E-state index in [9.17, 15) is 9.59 Å². The molecule has 5 nitrogen and oxygen atoms in total. The molecule has 0 aliphatic carbocycles. The average Bonchev–Trinajstić information content (AvgIpc) is 2.63. The first kappa shape index (κ1) is 18.1. The van der Waals surface area contributed by atoms with Gasteiger partial charge < -0.3 is 10.6 Å². The van der Waals surface area contributed by atoms with Crippen molar-refractivity contribution in [3.8, 4) is 0 Å². The molecular formula is C21H25N3O2. The van der Waals surface area contributed by atoms with Crippen molar-refractivity contribution in [2.75, 3.05) is 30.3 Å². The third-order valence-electron chi connectivity index (χ3n) is 4.59. The molecule has 3 rings (SSSR count). The highest BCUT2D eigenvalue weighted by Crippen LogP contribution is 2.19. The van der Waals surface area contributed by atoms with Crippen molar-refractivity contribution in [1.29, 1.82) is 0 Å². The molecule has 0 bridgehead atoms. The molecule has 1 fully saturated rings. The number of carbonyl (C=O) groups is 2. The van der Waals surface area contributed by atoms with Gasteiger partial charge in [0, 0.05) is 12.2 Å². The topological polar surface area (TPSA) is 61.4 Å². The van der Waals surface area contributed by atoms with E-state index in [0.29, 0.717) is 23.7 Å². The highest BCUT2D eigenvalue weighted by atomic mass is 16.2. The highest BCUT2D eigenvalue weighted by molar-refractivity contribution is 6.10. The van der Waals surface area contributed by atoms with Crippen molar-refractivity contribution in [2.45, 2.75) is 19.8 Å². The number of carbonyl (C=O) groups excluding carboxylic acids is 2. The van der Waals surface area contributed by atoms with Crippen LogP contribution in [0.25, 0.3) is 0 Å². The summed E-state index contributed by atoms with van der Waals surface area (Å²) in [6.45, 7) is 4.48. The number of hydrogen-bond donors (Lipinski definition) is 2. The number of nitrogens with zero attached hydrogens (tertiary/aromatic N) is 1. The predicted molar refractivity (Wildman–Crippen MR) is 104 cm³/mol. The Morgan fingerprint density at radius 1 is 1.04 bits per heavy atom. The summed E-state index contributed by atoms with van der Waals surface area (Å²) in [6, 6.07) is 16.4. The van der Waals surface area contributed by atoms with Gasteiger partial charge in [0.2, 0.25) is 5.91 Å². The van der Waals surface area contributed by atoms with Crippen LogP contribution in [0.4, 0.5) is 11.4 Å². The first-order valence-electron chi connectivity index (χ1n) is 9.09. The zero-order valence-corrected chi connectivity index (χ0v) is 15.1. The summed E-state index contributed by atoms with van der Waals surface area (Å²) in [5, 5.41) is 5.76. The SMILES string of the molecule is C[C@H]1CCCN(CC(=O)Nc2ccccc2C(=O)Nc2ccccc2)C1. The Balaban J connectivity index is 1.65. The van der Waals surface area contributed by atoms with E-state index in [1.165, 1.54) is 6.42 Å². The summed E-state index contributed by atoms with van der Waals surface area (Å²) < 4.78 is 0. The first-order chi connectivity index (χ1) is 12.6. The predicted octanol–water partition coefficient (Wildman–Crippen LogP) is 3.61. The molecule has 0 spiro atoms. The summed E-state index contributed by atoms with van der Waals surface area (Å²) in [7, 11) is 0. The lowest BCUT2D eigenvalue weighted by atomic mass is 10.0. The summed E-state index contributed by atoms with van der Waals surface area (Å²) in [5.74, 6) is 0.304. The molecule has 0 aromatic heterocycles. The van der Waals surface area contributed by atoms with Gasteiger partial charge >= 0.3 is 0 Å². The van der Waals surface area contributed by atoms with Crippen molar-refractivity contribution in [1.82, 2.24) is 4.90 Å². The van der Waals surface area contributed by atoms with Crippen LogP contribution >= 0.6 is 0 Å². The number of likely N-dealkylation sites (tertiary alicyclic amines) is 1. The van der Waals surface area contributed by atoms with Crippen LogP contribution in [-0.4, -0.2) is 36.3 Å². The van der Waals surface area contributed by atoms with E-state index in [1.807, 2.05) is 36.4 Å². The quantitative estimate of drug-likeness (QED) is 0.865. The van der Waals surface area contributed by atoms with Gasteiger partial charge in [-0.3, -0.25) is 14.5 Å². The van der Waals surface area contributed by atoms with Gasteiger partial charge in [-0.2, -0.15) is 0 Å². The standard InChI is InChI=1S/C21H25N3O2/c1-16-8-7-13-24(14-16)15-20(25)23-19-12-6-5-11-18(19)21(26)22-17-9-3-2-4-10-17/h2-6,9-12,16H,7-8,13-15H2,1H3,(H,22,26)(H,23,25)/t16-/m0/s1. The van der Waals surface area contributed by atoms with Crippen molar-refractivity contribution in [3.63, 3.8) is 0 Å². The third kappa shape index (κ3) is 4.92. The minimum absolute atomic E-state index is 0.0842. The van der Waals surface area contributed by atoms with Gasteiger partial charge in [0.1, 0.15) is 0 Å². The largest absolute Gasteiger partial charge is 0.324 e. The molecule has 1 aliphatic rings. The zero-order valence-electron chi connectivity index (χ0n) is 15.1. The maximum atomic E-state index is 12.6. The number of amides is 2. The Kier molecular flexibility index (Phi) is 6.02. The Morgan fingerprint density at radius 3 is 2.54 bits per heavy atom. The molecule has 26 heavy (non-hydrogen) atoms. The maximum absolute atomic E-state index is 12.6. The van der Waals surface area contributed by atoms with Crippen LogP contribution in [-0.2, 0) is 4.79 Å². The molecule has 2 aromatic carbocycles. The summed E-state index contributed by atoms with van der Waals surface area (Å²) in [6.07, 6.45) is 2.35. The van der Waals surface area contributed by atoms with Crippen molar-refractivity contribution < 1.29 is 9.59 Å². The Hall–Kier alpha value is -2.66. The smallest absolute Gasteiger partial charge is 0.257 e. The number of para-hydroxylation sites is 2. The van der Waals surface area contributed by atoms with E-state index in [0.717, 1.165) is 25.2 Å². The van der Waals surface area contributed by atoms with Gasteiger partial charge in [0.05, 0.1) is 17.8 Å². The van der Waals surface area contributed by atoms with Crippen LogP contribution in [0.5, 0.6) is 0 Å². The molecular weight excluding hydrogens is 326 g/mol. The molecule has 2 N–H and O–H groups in total. The van der Waals surface area contributed by atoms with E-state index in [2.05, 4.69) is 22.5 Å². The summed E-state index contributed by atoms with van der Waals surface area (Å²) in [5.41, 5.74) is 1.72. The lowest BCUT2D eigenvalue weighted by Crippen LogP contribution is -2.39. The van der Waals surface area contributed by atoms with Crippen LogP contribution in [0.2, 0.25) is 0 Å². The minimum Gasteiger partial charge on any atom is -0.324 e. The average molecular weight is 351 g/mol. The molecule has 2 aromatic rings. The van der Waals surface area contributed by atoms with Crippen molar-refractivity contribution in [2.24, 2.45) is 5.92 Å². The van der Waals surface area contributed by atoms with E-state index in [1.54, 1.807) is 18.2 Å². The van der Waals surface area contributed by atoms with Gasteiger partial charge in [-0.1, -0.05) is 37.3 Å². The van der Waals surface area contributed by atoms with Crippen LogP contribution < -0.4 is 10.6 Å². The van der Waals surface area contributed by atoms with E-state index in [4.69, 9.17) is 0 Å². The molecule has 136 valence electrons. The number of piperidine rings is 1. The van der Waals surface area contributed by atoms with Crippen molar-refractivity contribution >= 4 is 23.2 Å². The van der Waals surface area contributed by atoms with Gasteiger partial charge in [-0.15, -0.1) is 0 Å². The molecule has 0 saturated carbocycles. The Labute approximate surface area is 154 Å². The summed E-state index contributed by atoms with van der Waals surface area (Å²) >= 11 is 0. The fourth-order valence-corrected chi connectivity index (χ4v) is 3.33.